The average molecular weight is 217 g/mol. The first-order valence-corrected chi connectivity index (χ1v) is 6.13. The second kappa shape index (κ2) is 5.35. The summed E-state index contributed by atoms with van der Waals surface area (Å²) in [6, 6.07) is 8.66. The number of piperazine rings is 1. The van der Waals surface area contributed by atoms with Crippen molar-refractivity contribution in [3.05, 3.63) is 36.8 Å². The molecular formula is C14H21N2. The molecule has 2 rings (SSSR count). The number of anilines is 1. The van der Waals surface area contributed by atoms with Crippen LogP contribution >= 0.6 is 0 Å². The van der Waals surface area contributed by atoms with E-state index in [2.05, 4.69) is 47.9 Å². The van der Waals surface area contributed by atoms with Crippen LogP contribution in [0.15, 0.2) is 24.3 Å². The molecule has 1 saturated heterocycles. The highest BCUT2D eigenvalue weighted by atomic mass is 15.3. The van der Waals surface area contributed by atoms with E-state index in [1.54, 1.807) is 0 Å². The monoisotopic (exact) mass is 217 g/mol. The summed E-state index contributed by atoms with van der Waals surface area (Å²) in [5.74, 6) is 0. The van der Waals surface area contributed by atoms with E-state index in [1.165, 1.54) is 24.3 Å². The molecule has 87 valence electrons. The summed E-state index contributed by atoms with van der Waals surface area (Å²) >= 11 is 0. The van der Waals surface area contributed by atoms with Gasteiger partial charge in [0.1, 0.15) is 0 Å². The van der Waals surface area contributed by atoms with Gasteiger partial charge in [0.25, 0.3) is 0 Å². The van der Waals surface area contributed by atoms with Crippen molar-refractivity contribution in [2.75, 3.05) is 37.6 Å². The molecule has 2 heteroatoms. The van der Waals surface area contributed by atoms with E-state index in [4.69, 9.17) is 0 Å². The first-order chi connectivity index (χ1) is 7.81. The predicted octanol–water partition coefficient (Wildman–Crippen LogP) is 2.34. The van der Waals surface area contributed by atoms with Gasteiger partial charge in [-0.1, -0.05) is 25.1 Å². The molecule has 1 aliphatic heterocycles. The average Bonchev–Trinajstić information content (AvgIpc) is 2.31. The van der Waals surface area contributed by atoms with Gasteiger partial charge in [-0.2, -0.15) is 0 Å². The van der Waals surface area contributed by atoms with Gasteiger partial charge in [0, 0.05) is 31.9 Å². The molecule has 0 atom stereocenters. The fourth-order valence-electron chi connectivity index (χ4n) is 2.35. The zero-order valence-electron chi connectivity index (χ0n) is 10.2. The summed E-state index contributed by atoms with van der Waals surface area (Å²) in [5.41, 5.74) is 2.78. The minimum Gasteiger partial charge on any atom is -0.369 e. The molecule has 1 fully saturated rings. The van der Waals surface area contributed by atoms with Gasteiger partial charge >= 0.3 is 0 Å². The maximum absolute atomic E-state index is 3.92. The van der Waals surface area contributed by atoms with Crippen LogP contribution < -0.4 is 4.90 Å². The number of aryl methyl sites for hydroxylation is 1. The highest BCUT2D eigenvalue weighted by Gasteiger charge is 2.16. The van der Waals surface area contributed by atoms with E-state index in [0.29, 0.717) is 0 Å². The molecular weight excluding hydrogens is 196 g/mol. The Kier molecular flexibility index (Phi) is 3.83. The lowest BCUT2D eigenvalue weighted by Crippen LogP contribution is -2.46. The van der Waals surface area contributed by atoms with Crippen molar-refractivity contribution < 1.29 is 0 Å². The lowest BCUT2D eigenvalue weighted by Gasteiger charge is -2.36. The molecule has 1 radical (unpaired) electrons. The van der Waals surface area contributed by atoms with E-state index in [0.717, 1.165) is 26.1 Å². The van der Waals surface area contributed by atoms with Crippen LogP contribution in [0.1, 0.15) is 12.0 Å². The molecule has 0 N–H and O–H groups in total. The Morgan fingerprint density at radius 1 is 1.12 bits per heavy atom. The molecule has 1 aromatic carbocycles. The normalized spacial score (nSPS) is 17.8. The summed E-state index contributed by atoms with van der Waals surface area (Å²) in [4.78, 5) is 5.00. The predicted molar refractivity (Wildman–Crippen MR) is 69.8 cm³/mol. The quantitative estimate of drug-likeness (QED) is 0.767. The fourth-order valence-corrected chi connectivity index (χ4v) is 2.35. The van der Waals surface area contributed by atoms with Crippen LogP contribution in [0.4, 0.5) is 5.69 Å². The van der Waals surface area contributed by atoms with Crippen molar-refractivity contribution in [2.45, 2.75) is 13.3 Å². The summed E-state index contributed by atoms with van der Waals surface area (Å²) in [6.07, 6.45) is 1.02. The molecule has 0 aromatic heterocycles. The largest absolute Gasteiger partial charge is 0.369 e. The third-order valence-corrected chi connectivity index (χ3v) is 3.30. The first-order valence-electron chi connectivity index (χ1n) is 6.13. The van der Waals surface area contributed by atoms with Crippen molar-refractivity contribution in [3.8, 4) is 0 Å². The molecule has 1 aromatic rings. The number of hydrogen-bond donors (Lipinski definition) is 0. The Hall–Kier alpha value is -1.02. The van der Waals surface area contributed by atoms with E-state index in [9.17, 15) is 0 Å². The first kappa shape index (κ1) is 11.5. The van der Waals surface area contributed by atoms with Gasteiger partial charge in [-0.25, -0.2) is 0 Å². The zero-order valence-corrected chi connectivity index (χ0v) is 10.2. The minimum atomic E-state index is 1.02. The molecule has 0 unspecified atom stereocenters. The molecule has 0 aliphatic carbocycles. The molecule has 0 amide bonds. The second-order valence-corrected chi connectivity index (χ2v) is 4.47. The van der Waals surface area contributed by atoms with Crippen molar-refractivity contribution in [2.24, 2.45) is 0 Å². The van der Waals surface area contributed by atoms with Crippen LogP contribution in [0.25, 0.3) is 0 Å². The Morgan fingerprint density at radius 2 is 1.81 bits per heavy atom. The van der Waals surface area contributed by atoms with Gasteiger partial charge in [-0.3, -0.25) is 4.90 Å². The van der Waals surface area contributed by atoms with Crippen LogP contribution in [0.2, 0.25) is 0 Å². The minimum absolute atomic E-state index is 1.02. The van der Waals surface area contributed by atoms with Gasteiger partial charge in [0.15, 0.2) is 0 Å². The third-order valence-electron chi connectivity index (χ3n) is 3.30. The maximum atomic E-state index is 3.92. The third kappa shape index (κ3) is 2.56. The Labute approximate surface area is 98.9 Å². The van der Waals surface area contributed by atoms with E-state index < -0.39 is 0 Å². The van der Waals surface area contributed by atoms with Crippen molar-refractivity contribution in [3.63, 3.8) is 0 Å². The molecule has 16 heavy (non-hydrogen) atoms. The van der Waals surface area contributed by atoms with Crippen molar-refractivity contribution in [1.82, 2.24) is 4.90 Å². The summed E-state index contributed by atoms with van der Waals surface area (Å²) in [7, 11) is 0. The SMILES string of the molecule is [CH2]CCN1CCN(c2ccccc2C)CC1. The lowest BCUT2D eigenvalue weighted by molar-refractivity contribution is 0.262. The molecule has 0 saturated carbocycles. The maximum Gasteiger partial charge on any atom is 0.0396 e. The van der Waals surface area contributed by atoms with Gasteiger partial charge in [0.05, 0.1) is 0 Å². The molecule has 1 heterocycles. The van der Waals surface area contributed by atoms with E-state index in [1.807, 2.05) is 0 Å². The van der Waals surface area contributed by atoms with Crippen LogP contribution in [0.3, 0.4) is 0 Å². The molecule has 1 aliphatic rings. The number of nitrogens with zero attached hydrogens (tertiary/aromatic N) is 2. The lowest BCUT2D eigenvalue weighted by atomic mass is 10.1. The summed E-state index contributed by atoms with van der Waals surface area (Å²) in [6.45, 7) is 11.9. The summed E-state index contributed by atoms with van der Waals surface area (Å²) in [5, 5.41) is 0. The highest BCUT2D eigenvalue weighted by Crippen LogP contribution is 2.20. The van der Waals surface area contributed by atoms with Gasteiger partial charge in [-0.05, 0) is 31.5 Å². The Bertz CT molecular complexity index is 327. The van der Waals surface area contributed by atoms with Gasteiger partial charge in [-0.15, -0.1) is 0 Å². The molecule has 2 nitrogen and oxygen atoms in total. The smallest absolute Gasteiger partial charge is 0.0396 e. The standard InChI is InChI=1S/C14H21N2/c1-3-8-15-9-11-16(12-10-15)14-7-5-4-6-13(14)2/h4-7H,1,3,8-12H2,2H3. The Morgan fingerprint density at radius 3 is 2.44 bits per heavy atom. The molecule has 0 spiro atoms. The van der Waals surface area contributed by atoms with E-state index >= 15 is 0 Å². The molecule has 0 bridgehead atoms. The topological polar surface area (TPSA) is 6.48 Å². The number of benzene rings is 1. The van der Waals surface area contributed by atoms with Crippen LogP contribution in [-0.4, -0.2) is 37.6 Å². The fraction of sp³-hybridized carbons (Fsp3) is 0.500. The van der Waals surface area contributed by atoms with Crippen LogP contribution in [0.5, 0.6) is 0 Å². The summed E-state index contributed by atoms with van der Waals surface area (Å²) < 4.78 is 0. The van der Waals surface area contributed by atoms with Gasteiger partial charge < -0.3 is 4.90 Å². The van der Waals surface area contributed by atoms with Crippen LogP contribution in [0, 0.1) is 13.8 Å². The second-order valence-electron chi connectivity index (χ2n) is 4.47. The Balaban J connectivity index is 1.96. The zero-order chi connectivity index (χ0) is 11.4. The van der Waals surface area contributed by atoms with Crippen LogP contribution in [-0.2, 0) is 0 Å². The highest BCUT2D eigenvalue weighted by molar-refractivity contribution is 5.53. The van der Waals surface area contributed by atoms with Gasteiger partial charge in [0.2, 0.25) is 0 Å². The number of rotatable bonds is 3. The number of hydrogen-bond acceptors (Lipinski definition) is 2. The van der Waals surface area contributed by atoms with Crippen molar-refractivity contribution >= 4 is 5.69 Å². The van der Waals surface area contributed by atoms with Crippen molar-refractivity contribution in [1.29, 1.82) is 0 Å². The van der Waals surface area contributed by atoms with E-state index in [-0.39, 0.29) is 0 Å². The number of para-hydroxylation sites is 1.